The second-order valence-corrected chi connectivity index (χ2v) is 5.96. The Bertz CT molecular complexity index is 753. The Labute approximate surface area is 133 Å². The fraction of sp³-hybridized carbons (Fsp3) is 0.111. The summed E-state index contributed by atoms with van der Waals surface area (Å²) in [5.74, 6) is 0.0112. The van der Waals surface area contributed by atoms with Crippen LogP contribution in [0.2, 0.25) is 0 Å². The quantitative estimate of drug-likeness (QED) is 0.727. The van der Waals surface area contributed by atoms with E-state index in [2.05, 4.69) is 4.98 Å². The monoisotopic (exact) mass is 308 g/mol. The largest absolute Gasteiger partial charge is 0.335 e. The normalized spacial score (nSPS) is 10.4. The molecule has 4 heteroatoms. The van der Waals surface area contributed by atoms with Gasteiger partial charge in [-0.25, -0.2) is 4.98 Å². The maximum absolute atomic E-state index is 12.3. The number of carbonyl (C=O) groups excluding carboxylic acids is 1. The maximum Gasteiger partial charge on any atom is 0.253 e. The first-order valence-electron chi connectivity index (χ1n) is 7.04. The second-order valence-electron chi connectivity index (χ2n) is 5.02. The zero-order valence-electron chi connectivity index (χ0n) is 12.3. The standard InChI is InChI=1S/C18H16N2OS/c1-20(18(21)15-10-6-3-7-11-15)12-17-19-16(13-22-17)14-8-4-2-5-9-14/h2-11,13H,12H2,1H3. The predicted molar refractivity (Wildman–Crippen MR) is 89.8 cm³/mol. The predicted octanol–water partition coefficient (Wildman–Crippen LogP) is 4.08. The Hall–Kier alpha value is -2.46. The molecule has 0 spiro atoms. The van der Waals surface area contributed by atoms with Gasteiger partial charge in [-0.15, -0.1) is 11.3 Å². The van der Waals surface area contributed by atoms with Crippen molar-refractivity contribution in [2.75, 3.05) is 7.05 Å². The summed E-state index contributed by atoms with van der Waals surface area (Å²) in [6, 6.07) is 19.4. The highest BCUT2D eigenvalue weighted by molar-refractivity contribution is 7.09. The number of hydrogen-bond donors (Lipinski definition) is 0. The van der Waals surface area contributed by atoms with Crippen LogP contribution in [-0.2, 0) is 6.54 Å². The number of hydrogen-bond acceptors (Lipinski definition) is 3. The molecule has 0 unspecified atom stereocenters. The summed E-state index contributed by atoms with van der Waals surface area (Å²) in [5, 5.41) is 2.97. The summed E-state index contributed by atoms with van der Waals surface area (Å²) in [7, 11) is 1.80. The highest BCUT2D eigenvalue weighted by Crippen LogP contribution is 2.22. The molecule has 3 nitrogen and oxygen atoms in total. The number of amides is 1. The van der Waals surface area contributed by atoms with Crippen LogP contribution in [0.15, 0.2) is 66.0 Å². The fourth-order valence-corrected chi connectivity index (χ4v) is 3.06. The third-order valence-corrected chi connectivity index (χ3v) is 4.19. The summed E-state index contributed by atoms with van der Waals surface area (Å²) >= 11 is 1.58. The third-order valence-electron chi connectivity index (χ3n) is 3.36. The van der Waals surface area contributed by atoms with Crippen molar-refractivity contribution in [2.24, 2.45) is 0 Å². The van der Waals surface area contributed by atoms with Crippen LogP contribution < -0.4 is 0 Å². The van der Waals surface area contributed by atoms with Gasteiger partial charge in [0, 0.05) is 23.6 Å². The van der Waals surface area contributed by atoms with Gasteiger partial charge >= 0.3 is 0 Å². The van der Waals surface area contributed by atoms with E-state index in [9.17, 15) is 4.79 Å². The SMILES string of the molecule is CN(Cc1nc(-c2ccccc2)cs1)C(=O)c1ccccc1. The van der Waals surface area contributed by atoms with Gasteiger partial charge in [0.2, 0.25) is 0 Å². The third kappa shape index (κ3) is 3.23. The van der Waals surface area contributed by atoms with Crippen molar-refractivity contribution in [3.8, 4) is 11.3 Å². The van der Waals surface area contributed by atoms with Gasteiger partial charge in [0.1, 0.15) is 5.01 Å². The number of carbonyl (C=O) groups is 1. The summed E-state index contributed by atoms with van der Waals surface area (Å²) in [4.78, 5) is 18.6. The average Bonchev–Trinajstić information content (AvgIpc) is 3.04. The first kappa shape index (κ1) is 14.5. The Morgan fingerprint density at radius 1 is 1.05 bits per heavy atom. The van der Waals surface area contributed by atoms with Crippen LogP contribution in [-0.4, -0.2) is 22.8 Å². The molecule has 22 heavy (non-hydrogen) atoms. The molecule has 3 aromatic rings. The van der Waals surface area contributed by atoms with Crippen LogP contribution in [0.3, 0.4) is 0 Å². The van der Waals surface area contributed by atoms with Gasteiger partial charge in [-0.1, -0.05) is 48.5 Å². The highest BCUT2D eigenvalue weighted by atomic mass is 32.1. The van der Waals surface area contributed by atoms with E-state index in [1.54, 1.807) is 23.3 Å². The summed E-state index contributed by atoms with van der Waals surface area (Å²) in [6.07, 6.45) is 0. The van der Waals surface area contributed by atoms with Gasteiger partial charge in [-0.2, -0.15) is 0 Å². The van der Waals surface area contributed by atoms with Crippen LogP contribution in [0.4, 0.5) is 0 Å². The van der Waals surface area contributed by atoms with E-state index in [1.165, 1.54) is 0 Å². The van der Waals surface area contributed by atoms with Crippen molar-refractivity contribution in [1.29, 1.82) is 0 Å². The van der Waals surface area contributed by atoms with Gasteiger partial charge in [0.15, 0.2) is 0 Å². The fourth-order valence-electron chi connectivity index (χ4n) is 2.20. The van der Waals surface area contributed by atoms with E-state index in [1.807, 2.05) is 66.0 Å². The molecule has 1 amide bonds. The smallest absolute Gasteiger partial charge is 0.253 e. The molecule has 1 heterocycles. The van der Waals surface area contributed by atoms with E-state index in [-0.39, 0.29) is 5.91 Å². The van der Waals surface area contributed by atoms with Crippen LogP contribution in [0.5, 0.6) is 0 Å². The van der Waals surface area contributed by atoms with Gasteiger partial charge < -0.3 is 4.90 Å². The molecule has 0 saturated heterocycles. The van der Waals surface area contributed by atoms with Gasteiger partial charge in [0.05, 0.1) is 12.2 Å². The van der Waals surface area contributed by atoms with E-state index in [0.29, 0.717) is 12.1 Å². The Kier molecular flexibility index (Phi) is 4.30. The number of benzene rings is 2. The first-order valence-corrected chi connectivity index (χ1v) is 7.92. The number of aromatic nitrogens is 1. The van der Waals surface area contributed by atoms with E-state index >= 15 is 0 Å². The molecule has 3 rings (SSSR count). The van der Waals surface area contributed by atoms with Crippen molar-refractivity contribution >= 4 is 17.2 Å². The number of rotatable bonds is 4. The van der Waals surface area contributed by atoms with Crippen LogP contribution in [0.25, 0.3) is 11.3 Å². The molecule has 0 aliphatic rings. The highest BCUT2D eigenvalue weighted by Gasteiger charge is 2.13. The molecule has 0 bridgehead atoms. The van der Waals surface area contributed by atoms with Gasteiger partial charge in [-0.05, 0) is 12.1 Å². The zero-order chi connectivity index (χ0) is 15.4. The molecule has 0 radical (unpaired) electrons. The van der Waals surface area contributed by atoms with E-state index < -0.39 is 0 Å². The van der Waals surface area contributed by atoms with Gasteiger partial charge in [0.25, 0.3) is 5.91 Å². The molecule has 0 saturated carbocycles. The Balaban J connectivity index is 1.71. The Morgan fingerprint density at radius 3 is 2.36 bits per heavy atom. The maximum atomic E-state index is 12.3. The summed E-state index contributed by atoms with van der Waals surface area (Å²) in [6.45, 7) is 0.519. The molecular weight excluding hydrogens is 292 g/mol. The molecule has 2 aromatic carbocycles. The van der Waals surface area contributed by atoms with E-state index in [0.717, 1.165) is 16.3 Å². The Morgan fingerprint density at radius 2 is 1.68 bits per heavy atom. The topological polar surface area (TPSA) is 33.2 Å². The van der Waals surface area contributed by atoms with Gasteiger partial charge in [-0.3, -0.25) is 4.79 Å². The lowest BCUT2D eigenvalue weighted by atomic mass is 10.2. The lowest BCUT2D eigenvalue weighted by molar-refractivity contribution is 0.0785. The second kappa shape index (κ2) is 6.54. The summed E-state index contributed by atoms with van der Waals surface area (Å²) < 4.78 is 0. The lowest BCUT2D eigenvalue weighted by Crippen LogP contribution is -2.26. The molecular formula is C18H16N2OS. The molecule has 1 aromatic heterocycles. The van der Waals surface area contributed by atoms with Crippen molar-refractivity contribution in [3.05, 3.63) is 76.6 Å². The first-order chi connectivity index (χ1) is 10.7. The molecule has 0 fully saturated rings. The minimum Gasteiger partial charge on any atom is -0.335 e. The summed E-state index contributed by atoms with van der Waals surface area (Å²) in [5.41, 5.74) is 2.76. The minimum atomic E-state index is 0.0112. The number of thiazole rings is 1. The molecule has 0 atom stereocenters. The van der Waals surface area contributed by atoms with E-state index in [4.69, 9.17) is 0 Å². The molecule has 110 valence electrons. The average molecular weight is 308 g/mol. The van der Waals surface area contributed by atoms with Crippen molar-refractivity contribution in [1.82, 2.24) is 9.88 Å². The lowest BCUT2D eigenvalue weighted by Gasteiger charge is -2.15. The van der Waals surface area contributed by atoms with Crippen LogP contribution in [0.1, 0.15) is 15.4 Å². The molecule has 0 aliphatic carbocycles. The van der Waals surface area contributed by atoms with Crippen molar-refractivity contribution in [2.45, 2.75) is 6.54 Å². The van der Waals surface area contributed by atoms with Crippen molar-refractivity contribution < 1.29 is 4.79 Å². The number of nitrogens with zero attached hydrogens (tertiary/aromatic N) is 2. The molecule has 0 N–H and O–H groups in total. The van der Waals surface area contributed by atoms with Crippen LogP contribution >= 0.6 is 11.3 Å². The zero-order valence-corrected chi connectivity index (χ0v) is 13.1. The minimum absolute atomic E-state index is 0.0112. The van der Waals surface area contributed by atoms with Crippen molar-refractivity contribution in [3.63, 3.8) is 0 Å². The molecule has 0 aliphatic heterocycles. The van der Waals surface area contributed by atoms with Crippen LogP contribution in [0, 0.1) is 0 Å².